The first kappa shape index (κ1) is 31.9. The Kier molecular flexibility index (Phi) is 7.05. The average molecular weight is 731 g/mol. The van der Waals surface area contributed by atoms with Crippen molar-refractivity contribution in [3.63, 3.8) is 0 Å². The van der Waals surface area contributed by atoms with E-state index < -0.39 is 0 Å². The molecule has 0 bridgehead atoms. The van der Waals surface area contributed by atoms with Crippen molar-refractivity contribution in [2.75, 3.05) is 0 Å². The summed E-state index contributed by atoms with van der Waals surface area (Å²) in [5.74, 6) is 0. The van der Waals surface area contributed by atoms with Crippen LogP contribution in [0.5, 0.6) is 0 Å². The fourth-order valence-corrected chi connectivity index (χ4v) is 8.86. The van der Waals surface area contributed by atoms with E-state index in [-0.39, 0.29) is 0 Å². The van der Waals surface area contributed by atoms with E-state index in [0.29, 0.717) is 0 Å². The molecule has 3 heteroatoms. The summed E-state index contributed by atoms with van der Waals surface area (Å²) in [6.45, 7) is 0. The maximum Gasteiger partial charge on any atom is 0.135 e. The van der Waals surface area contributed by atoms with Crippen molar-refractivity contribution in [1.29, 1.82) is 0 Å². The molecular weight excluding hydrogens is 697 g/mol. The second-order valence-corrected chi connectivity index (χ2v) is 15.2. The molecule has 11 aromatic rings. The summed E-state index contributed by atoms with van der Waals surface area (Å²) in [4.78, 5) is 0. The topological polar surface area (TPSA) is 39.4 Å². The Morgan fingerprint density at radius 1 is 0.298 bits per heavy atom. The minimum atomic E-state index is 0.886. The summed E-state index contributed by atoms with van der Waals surface area (Å²) in [6, 6.07) is 60.5. The first-order chi connectivity index (χ1) is 28.2. The molecule has 0 fully saturated rings. The molecule has 3 heterocycles. The van der Waals surface area contributed by atoms with Gasteiger partial charge < -0.3 is 13.3 Å². The zero-order valence-electron chi connectivity index (χ0n) is 31.0. The van der Waals surface area contributed by atoms with Crippen molar-refractivity contribution >= 4 is 77.0 Å². The van der Waals surface area contributed by atoms with Crippen LogP contribution in [-0.2, 0) is 0 Å². The van der Waals surface area contributed by atoms with Crippen LogP contribution in [0.1, 0.15) is 24.0 Å². The van der Waals surface area contributed by atoms with Crippen LogP contribution in [0.3, 0.4) is 0 Å². The standard InChI is InChI=1S/C54H34O3/c1-3-16-49-43(14-1)45-29-39(18-22-51(45)55-49)37-12-6-10-35(27-37)33-8-5-9-34(26-33)36-11-7-13-38(28-36)40-19-24-53-47(31-40)48-32-42(21-25-54(48)57-53)41-20-23-52-46(30-41)44-15-2-4-17-50(44)56-52/h1-5,7-9,11-32H,6,10H2. The number of allylic oxidation sites excluding steroid dienone is 4. The molecule has 3 nitrogen and oxygen atoms in total. The molecule has 57 heavy (non-hydrogen) atoms. The van der Waals surface area contributed by atoms with Gasteiger partial charge in [-0.15, -0.1) is 0 Å². The number of para-hydroxylation sites is 2. The molecule has 12 rings (SSSR count). The quantitative estimate of drug-likeness (QED) is 0.177. The molecule has 0 amide bonds. The van der Waals surface area contributed by atoms with E-state index in [9.17, 15) is 0 Å². The molecule has 0 unspecified atom stereocenters. The first-order valence-corrected chi connectivity index (χ1v) is 19.6. The van der Waals surface area contributed by atoms with Crippen molar-refractivity contribution < 1.29 is 13.3 Å². The van der Waals surface area contributed by atoms with Gasteiger partial charge in [-0.3, -0.25) is 0 Å². The largest absolute Gasteiger partial charge is 0.456 e. The third-order valence-corrected chi connectivity index (χ3v) is 11.8. The molecule has 0 N–H and O–H groups in total. The molecule has 0 spiro atoms. The molecule has 0 radical (unpaired) electrons. The Bertz CT molecular complexity index is 3470. The Labute approximate surface area is 328 Å². The van der Waals surface area contributed by atoms with E-state index in [1.807, 2.05) is 24.3 Å². The van der Waals surface area contributed by atoms with Crippen molar-refractivity contribution in [2.45, 2.75) is 12.8 Å². The van der Waals surface area contributed by atoms with Gasteiger partial charge in [-0.25, -0.2) is 0 Å². The molecule has 3 aromatic heterocycles. The lowest BCUT2D eigenvalue weighted by Gasteiger charge is -2.16. The van der Waals surface area contributed by atoms with Crippen LogP contribution >= 0.6 is 0 Å². The lowest BCUT2D eigenvalue weighted by Crippen LogP contribution is -1.94. The summed E-state index contributed by atoms with van der Waals surface area (Å²) in [5, 5.41) is 6.80. The van der Waals surface area contributed by atoms with Crippen LogP contribution in [0.25, 0.3) is 110 Å². The zero-order valence-corrected chi connectivity index (χ0v) is 31.0. The third kappa shape index (κ3) is 5.35. The predicted molar refractivity (Wildman–Crippen MR) is 236 cm³/mol. The average Bonchev–Trinajstić information content (AvgIpc) is 3.96. The van der Waals surface area contributed by atoms with Crippen molar-refractivity contribution in [1.82, 2.24) is 0 Å². The number of hydrogen-bond acceptors (Lipinski definition) is 3. The van der Waals surface area contributed by atoms with Gasteiger partial charge in [-0.05, 0) is 141 Å². The monoisotopic (exact) mass is 730 g/mol. The van der Waals surface area contributed by atoms with E-state index in [2.05, 4.69) is 158 Å². The number of hydrogen-bond donors (Lipinski definition) is 0. The number of rotatable bonds is 5. The van der Waals surface area contributed by atoms with Gasteiger partial charge >= 0.3 is 0 Å². The Morgan fingerprint density at radius 3 is 1.21 bits per heavy atom. The highest BCUT2D eigenvalue weighted by Gasteiger charge is 2.15. The van der Waals surface area contributed by atoms with Gasteiger partial charge in [-0.2, -0.15) is 0 Å². The SMILES string of the molecule is C1=C(c2ccc3oc4ccccc4c3c2)C=C(c2cccc(-c3cccc(-c4ccc5oc6ccc(-c7ccc8oc9ccccc9c8c7)cc6c5c4)c3)c2)CC1. The molecule has 0 saturated carbocycles. The molecule has 0 aliphatic heterocycles. The van der Waals surface area contributed by atoms with Crippen LogP contribution in [0.2, 0.25) is 0 Å². The highest BCUT2D eigenvalue weighted by atomic mass is 16.3. The number of benzene rings is 8. The van der Waals surface area contributed by atoms with E-state index >= 15 is 0 Å². The fraction of sp³-hybridized carbons (Fsp3) is 0.0370. The molecule has 0 atom stereocenters. The number of fused-ring (bicyclic) bond motifs is 9. The predicted octanol–water partition coefficient (Wildman–Crippen LogP) is 15.6. The second-order valence-electron chi connectivity index (χ2n) is 15.2. The van der Waals surface area contributed by atoms with E-state index in [4.69, 9.17) is 13.3 Å². The van der Waals surface area contributed by atoms with Gasteiger partial charge in [0.2, 0.25) is 0 Å². The van der Waals surface area contributed by atoms with Crippen LogP contribution in [0.4, 0.5) is 0 Å². The van der Waals surface area contributed by atoms with Gasteiger partial charge in [0.1, 0.15) is 33.5 Å². The van der Waals surface area contributed by atoms with Gasteiger partial charge in [0.25, 0.3) is 0 Å². The van der Waals surface area contributed by atoms with Crippen molar-refractivity contribution in [2.24, 2.45) is 0 Å². The minimum Gasteiger partial charge on any atom is -0.456 e. The highest BCUT2D eigenvalue weighted by Crippen LogP contribution is 2.39. The van der Waals surface area contributed by atoms with Crippen molar-refractivity contribution in [3.05, 3.63) is 193 Å². The van der Waals surface area contributed by atoms with Crippen LogP contribution in [-0.4, -0.2) is 0 Å². The van der Waals surface area contributed by atoms with Crippen LogP contribution < -0.4 is 0 Å². The van der Waals surface area contributed by atoms with Gasteiger partial charge in [0, 0.05) is 32.3 Å². The molecule has 0 saturated heterocycles. The maximum absolute atomic E-state index is 6.35. The van der Waals surface area contributed by atoms with Gasteiger partial charge in [0.05, 0.1) is 0 Å². The highest BCUT2D eigenvalue weighted by molar-refractivity contribution is 6.10. The smallest absolute Gasteiger partial charge is 0.135 e. The van der Waals surface area contributed by atoms with E-state index in [0.717, 1.165) is 95.3 Å². The lowest BCUT2D eigenvalue weighted by molar-refractivity contribution is 0.668. The van der Waals surface area contributed by atoms with E-state index in [1.165, 1.54) is 39.0 Å². The Morgan fingerprint density at radius 2 is 0.684 bits per heavy atom. The Hall–Kier alpha value is -7.36. The second kappa shape index (κ2) is 12.6. The molecule has 1 aliphatic rings. The normalized spacial score (nSPS) is 13.3. The maximum atomic E-state index is 6.35. The molecule has 1 aliphatic carbocycles. The van der Waals surface area contributed by atoms with Gasteiger partial charge in [-0.1, -0.05) is 109 Å². The Balaban J connectivity index is 0.865. The molecule has 8 aromatic carbocycles. The van der Waals surface area contributed by atoms with Crippen molar-refractivity contribution in [3.8, 4) is 33.4 Å². The minimum absolute atomic E-state index is 0.886. The molecule has 268 valence electrons. The number of furan rings is 3. The lowest BCUT2D eigenvalue weighted by atomic mass is 9.89. The summed E-state index contributed by atoms with van der Waals surface area (Å²) < 4.78 is 18.6. The third-order valence-electron chi connectivity index (χ3n) is 11.8. The zero-order chi connectivity index (χ0) is 37.5. The first-order valence-electron chi connectivity index (χ1n) is 19.6. The summed E-state index contributed by atoms with van der Waals surface area (Å²) >= 11 is 0. The van der Waals surface area contributed by atoms with Crippen LogP contribution in [0, 0.1) is 0 Å². The van der Waals surface area contributed by atoms with Crippen LogP contribution in [0.15, 0.2) is 195 Å². The summed E-state index contributed by atoms with van der Waals surface area (Å²) in [7, 11) is 0. The molecular formula is C54H34O3. The van der Waals surface area contributed by atoms with Gasteiger partial charge in [0.15, 0.2) is 0 Å². The fourth-order valence-electron chi connectivity index (χ4n) is 8.86. The summed E-state index contributed by atoms with van der Waals surface area (Å²) in [5.41, 5.74) is 17.6. The summed E-state index contributed by atoms with van der Waals surface area (Å²) in [6.07, 6.45) is 6.76. The van der Waals surface area contributed by atoms with E-state index in [1.54, 1.807) is 0 Å².